The smallest absolute Gasteiger partial charge is 0.412 e. The normalized spacial score (nSPS) is 15.2. The van der Waals surface area contributed by atoms with Gasteiger partial charge in [-0.15, -0.1) is 0 Å². The minimum Gasteiger partial charge on any atom is -0.490 e. The number of carbonyl (C=O) groups is 2. The Labute approximate surface area is 195 Å². The molecule has 0 spiro atoms. The maximum atomic E-state index is 12.5. The van der Waals surface area contributed by atoms with Crippen LogP contribution in [0.4, 0.5) is 4.79 Å². The van der Waals surface area contributed by atoms with Gasteiger partial charge in [-0.2, -0.15) is 0 Å². The summed E-state index contributed by atoms with van der Waals surface area (Å²) in [5, 5.41) is 8.88. The van der Waals surface area contributed by atoms with Gasteiger partial charge in [-0.25, -0.2) is 17.9 Å². The number of carbonyl (C=O) groups excluding carboxylic acids is 1. The molecule has 10 nitrogen and oxygen atoms in total. The molecule has 1 aliphatic carbocycles. The molecule has 1 atom stereocenters. The van der Waals surface area contributed by atoms with Crippen LogP contribution in [-0.4, -0.2) is 68.8 Å². The number of nitrogens with one attached hydrogen (secondary N) is 1. The van der Waals surface area contributed by atoms with Gasteiger partial charge in [-0.3, -0.25) is 9.69 Å². The van der Waals surface area contributed by atoms with Crippen LogP contribution in [0.1, 0.15) is 57.6 Å². The van der Waals surface area contributed by atoms with E-state index in [9.17, 15) is 18.0 Å². The Balaban J connectivity index is 1.77. The third-order valence-corrected chi connectivity index (χ3v) is 6.66. The van der Waals surface area contributed by atoms with Crippen molar-refractivity contribution in [3.05, 3.63) is 29.8 Å². The highest BCUT2D eigenvalue weighted by molar-refractivity contribution is 7.89. The van der Waals surface area contributed by atoms with E-state index in [0.717, 1.165) is 29.1 Å². The van der Waals surface area contributed by atoms with Gasteiger partial charge in [0.1, 0.15) is 19.0 Å². The molecule has 186 valence electrons. The summed E-state index contributed by atoms with van der Waals surface area (Å²) in [4.78, 5) is 23.5. The number of nitrogens with zero attached hydrogens (tertiary/aromatic N) is 1. The van der Waals surface area contributed by atoms with E-state index in [2.05, 4.69) is 4.72 Å². The summed E-state index contributed by atoms with van der Waals surface area (Å²) in [6.45, 7) is 2.64. The lowest BCUT2D eigenvalue weighted by Crippen LogP contribution is -2.38. The van der Waals surface area contributed by atoms with Gasteiger partial charge in [0, 0.05) is 12.6 Å². The maximum absolute atomic E-state index is 12.5. The van der Waals surface area contributed by atoms with Crippen LogP contribution in [0.5, 0.6) is 5.75 Å². The van der Waals surface area contributed by atoms with Crippen molar-refractivity contribution < 1.29 is 37.3 Å². The monoisotopic (exact) mass is 486 g/mol. The van der Waals surface area contributed by atoms with E-state index in [1.165, 1.54) is 12.8 Å². The number of hydrogen-bond acceptors (Lipinski definition) is 7. The molecule has 2 N–H and O–H groups in total. The molecule has 0 bridgehead atoms. The van der Waals surface area contributed by atoms with Gasteiger partial charge >= 0.3 is 12.1 Å². The van der Waals surface area contributed by atoms with Crippen LogP contribution in [-0.2, 0) is 24.3 Å². The first-order valence-corrected chi connectivity index (χ1v) is 12.8. The average molecular weight is 487 g/mol. The Bertz CT molecular complexity index is 871. The topological polar surface area (TPSA) is 131 Å². The predicted octanol–water partition coefficient (Wildman–Crippen LogP) is 2.90. The van der Waals surface area contributed by atoms with Crippen molar-refractivity contribution >= 4 is 22.1 Å². The number of sulfonamides is 1. The zero-order valence-corrected chi connectivity index (χ0v) is 20.0. The van der Waals surface area contributed by atoms with Crippen molar-refractivity contribution in [2.45, 2.75) is 58.1 Å². The highest BCUT2D eigenvalue weighted by atomic mass is 32.2. The van der Waals surface area contributed by atoms with Crippen LogP contribution in [0.15, 0.2) is 24.3 Å². The average Bonchev–Trinajstić information content (AvgIpc) is 3.25. The van der Waals surface area contributed by atoms with E-state index in [-0.39, 0.29) is 38.2 Å². The highest BCUT2D eigenvalue weighted by Crippen LogP contribution is 2.26. The number of benzene rings is 1. The molecule has 0 aromatic heterocycles. The standard InChI is InChI=1S/C22H34N2O8S/c1-3-31-22(27)24(15-21(25)26)16-30-12-7-13-33(28,29)23-17(2)18-8-6-11-20(14-18)32-19-9-4-5-10-19/h6,8,11,14,17,19,23H,3-5,7,9-10,12-13,15-16H2,1-2H3,(H,25,26). The van der Waals surface area contributed by atoms with Crippen LogP contribution in [0, 0.1) is 0 Å². The highest BCUT2D eigenvalue weighted by Gasteiger charge is 2.20. The Morgan fingerprint density at radius 2 is 2.00 bits per heavy atom. The summed E-state index contributed by atoms with van der Waals surface area (Å²) < 4.78 is 43.6. The molecule has 1 aromatic rings. The minimum absolute atomic E-state index is 0.0372. The summed E-state index contributed by atoms with van der Waals surface area (Å²) in [6, 6.07) is 7.01. The molecule has 1 amide bonds. The predicted molar refractivity (Wildman–Crippen MR) is 121 cm³/mol. The van der Waals surface area contributed by atoms with Crippen LogP contribution >= 0.6 is 0 Å². The van der Waals surface area contributed by atoms with E-state index < -0.39 is 34.7 Å². The summed E-state index contributed by atoms with van der Waals surface area (Å²) in [6.07, 6.45) is 4.03. The Hall–Kier alpha value is -2.37. The molecule has 0 heterocycles. The number of amides is 1. The van der Waals surface area contributed by atoms with E-state index >= 15 is 0 Å². The van der Waals surface area contributed by atoms with Gasteiger partial charge in [0.2, 0.25) is 10.0 Å². The number of rotatable bonds is 14. The van der Waals surface area contributed by atoms with Gasteiger partial charge in [-0.05, 0) is 63.6 Å². The van der Waals surface area contributed by atoms with Gasteiger partial charge in [0.25, 0.3) is 0 Å². The lowest BCUT2D eigenvalue weighted by molar-refractivity contribution is -0.139. The number of carboxylic acids is 1. The van der Waals surface area contributed by atoms with Gasteiger partial charge in [0.15, 0.2) is 0 Å². The van der Waals surface area contributed by atoms with E-state index in [1.54, 1.807) is 13.8 Å². The van der Waals surface area contributed by atoms with E-state index in [1.807, 2.05) is 24.3 Å². The maximum Gasteiger partial charge on any atom is 0.412 e. The Morgan fingerprint density at radius 3 is 2.67 bits per heavy atom. The number of hydrogen-bond donors (Lipinski definition) is 2. The molecular weight excluding hydrogens is 452 g/mol. The summed E-state index contributed by atoms with van der Waals surface area (Å²) in [7, 11) is -3.58. The molecule has 1 fully saturated rings. The fraction of sp³-hybridized carbons (Fsp3) is 0.636. The lowest BCUT2D eigenvalue weighted by Gasteiger charge is -2.20. The number of ether oxygens (including phenoxy) is 3. The number of aliphatic carboxylic acids is 1. The fourth-order valence-corrected chi connectivity index (χ4v) is 4.81. The third-order valence-electron chi connectivity index (χ3n) is 5.12. The molecule has 2 rings (SSSR count). The van der Waals surface area contributed by atoms with Gasteiger partial charge in [0.05, 0.1) is 18.5 Å². The Morgan fingerprint density at radius 1 is 1.27 bits per heavy atom. The second-order valence-electron chi connectivity index (χ2n) is 7.94. The molecular formula is C22H34N2O8S. The SMILES string of the molecule is CCOC(=O)N(COCCCS(=O)(=O)NC(C)c1cccc(OC2CCCC2)c1)CC(=O)O. The quantitative estimate of drug-likeness (QED) is 0.303. The molecule has 33 heavy (non-hydrogen) atoms. The third kappa shape index (κ3) is 9.97. The van der Waals surface area contributed by atoms with Crippen LogP contribution in [0.3, 0.4) is 0 Å². The van der Waals surface area contributed by atoms with E-state index in [4.69, 9.17) is 19.3 Å². The van der Waals surface area contributed by atoms with Gasteiger partial charge < -0.3 is 19.3 Å². The molecule has 1 aliphatic rings. The van der Waals surface area contributed by atoms with Crippen molar-refractivity contribution in [3.8, 4) is 5.75 Å². The van der Waals surface area contributed by atoms with Crippen molar-refractivity contribution in [2.24, 2.45) is 0 Å². The molecule has 1 unspecified atom stereocenters. The zero-order valence-electron chi connectivity index (χ0n) is 19.2. The largest absolute Gasteiger partial charge is 0.490 e. The first kappa shape index (κ1) is 26.9. The van der Waals surface area contributed by atoms with Crippen LogP contribution in [0.2, 0.25) is 0 Å². The second-order valence-corrected chi connectivity index (χ2v) is 9.81. The summed E-state index contributed by atoms with van der Waals surface area (Å²) in [5.74, 6) is -0.634. The molecule has 1 aromatic carbocycles. The van der Waals surface area contributed by atoms with Crippen molar-refractivity contribution in [1.29, 1.82) is 0 Å². The van der Waals surface area contributed by atoms with Crippen molar-refractivity contribution in [1.82, 2.24) is 9.62 Å². The zero-order chi connectivity index (χ0) is 24.3. The second kappa shape index (κ2) is 13.4. The summed E-state index contributed by atoms with van der Waals surface area (Å²) in [5.41, 5.74) is 0.809. The first-order chi connectivity index (χ1) is 15.7. The van der Waals surface area contributed by atoms with Crippen LogP contribution in [0.25, 0.3) is 0 Å². The molecule has 0 radical (unpaired) electrons. The Kier molecular flexibility index (Phi) is 10.9. The van der Waals surface area contributed by atoms with Crippen LogP contribution < -0.4 is 9.46 Å². The van der Waals surface area contributed by atoms with Crippen molar-refractivity contribution in [3.63, 3.8) is 0 Å². The summed E-state index contributed by atoms with van der Waals surface area (Å²) >= 11 is 0. The van der Waals surface area contributed by atoms with Crippen molar-refractivity contribution in [2.75, 3.05) is 32.2 Å². The first-order valence-electron chi connectivity index (χ1n) is 11.2. The fourth-order valence-electron chi connectivity index (χ4n) is 3.52. The minimum atomic E-state index is -3.58. The molecule has 0 aliphatic heterocycles. The molecule has 0 saturated heterocycles. The molecule has 11 heteroatoms. The van der Waals surface area contributed by atoms with E-state index in [0.29, 0.717) is 0 Å². The van der Waals surface area contributed by atoms with Gasteiger partial charge in [-0.1, -0.05) is 12.1 Å². The number of carboxylic acid groups (broad SMARTS) is 1. The molecule has 1 saturated carbocycles. The lowest BCUT2D eigenvalue weighted by atomic mass is 10.1.